The number of nitrogens with zero attached hydrogens (tertiary/aromatic N) is 1. The summed E-state index contributed by atoms with van der Waals surface area (Å²) < 4.78 is 44.0. The Hall–Kier alpha value is -1.83. The Labute approximate surface area is 126 Å². The quantitative estimate of drug-likeness (QED) is 0.629. The number of halogens is 3. The molecule has 0 saturated carbocycles. The molecule has 0 aromatic heterocycles. The van der Waals surface area contributed by atoms with Gasteiger partial charge in [0.05, 0.1) is 10.5 Å². The molecule has 0 spiro atoms. The Morgan fingerprint density at radius 2 is 1.95 bits per heavy atom. The maximum Gasteiger partial charge on any atom is 0.423 e. The predicted molar refractivity (Wildman–Crippen MR) is 76.9 cm³/mol. The number of benzene rings is 1. The highest BCUT2D eigenvalue weighted by Gasteiger charge is 2.38. The first-order valence-corrected chi connectivity index (χ1v) is 6.63. The van der Waals surface area contributed by atoms with Gasteiger partial charge in [-0.3, -0.25) is 10.1 Å². The zero-order valence-corrected chi connectivity index (χ0v) is 12.8. The lowest BCUT2D eigenvalue weighted by molar-refractivity contribution is -0.388. The summed E-state index contributed by atoms with van der Waals surface area (Å²) in [5.41, 5.74) is -2.47. The van der Waals surface area contributed by atoms with Crippen molar-refractivity contribution in [3.05, 3.63) is 33.9 Å². The third-order valence-electron chi connectivity index (χ3n) is 3.26. The number of anilines is 1. The van der Waals surface area contributed by atoms with Crippen molar-refractivity contribution >= 4 is 11.4 Å². The summed E-state index contributed by atoms with van der Waals surface area (Å²) in [7, 11) is 1.56. The molecule has 1 aromatic carbocycles. The largest absolute Gasteiger partial charge is 0.423 e. The van der Waals surface area contributed by atoms with Crippen LogP contribution in [0.15, 0.2) is 18.2 Å². The average molecular weight is 320 g/mol. The number of nitrogens with one attached hydrogen (secondary N) is 1. The number of methoxy groups -OCH3 is 1. The molecule has 1 aromatic rings. The van der Waals surface area contributed by atoms with Gasteiger partial charge in [0.1, 0.15) is 5.56 Å². The standard InChI is InChI=1S/C14H19F3N2O3/c1-9(8-13(2,3)22-4)18-10-5-6-12(19(20)21)11(7-10)14(15,16)17/h5-7,9,18H,8H2,1-4H3. The first kappa shape index (κ1) is 18.2. The lowest BCUT2D eigenvalue weighted by Gasteiger charge is -2.27. The van der Waals surface area contributed by atoms with Crippen LogP contribution in [0.3, 0.4) is 0 Å². The van der Waals surface area contributed by atoms with E-state index in [1.807, 2.05) is 13.8 Å². The summed E-state index contributed by atoms with van der Waals surface area (Å²) in [6.07, 6.45) is -4.23. The molecule has 22 heavy (non-hydrogen) atoms. The number of nitro benzene ring substituents is 1. The molecule has 5 nitrogen and oxygen atoms in total. The first-order valence-electron chi connectivity index (χ1n) is 6.63. The van der Waals surface area contributed by atoms with Crippen molar-refractivity contribution in [3.63, 3.8) is 0 Å². The van der Waals surface area contributed by atoms with Gasteiger partial charge in [0.25, 0.3) is 5.69 Å². The van der Waals surface area contributed by atoms with E-state index in [0.29, 0.717) is 6.42 Å². The zero-order chi connectivity index (χ0) is 17.1. The minimum absolute atomic E-state index is 0.169. The van der Waals surface area contributed by atoms with Crippen molar-refractivity contribution in [2.45, 2.75) is 45.0 Å². The van der Waals surface area contributed by atoms with Gasteiger partial charge < -0.3 is 10.1 Å². The Kier molecular flexibility index (Phi) is 5.39. The van der Waals surface area contributed by atoms with Crippen LogP contribution in [-0.2, 0) is 10.9 Å². The highest BCUT2D eigenvalue weighted by atomic mass is 19.4. The van der Waals surface area contributed by atoms with E-state index in [9.17, 15) is 23.3 Å². The van der Waals surface area contributed by atoms with Crippen molar-refractivity contribution in [3.8, 4) is 0 Å². The van der Waals surface area contributed by atoms with Crippen molar-refractivity contribution in [2.24, 2.45) is 0 Å². The number of hydrogen-bond acceptors (Lipinski definition) is 4. The topological polar surface area (TPSA) is 64.4 Å². The van der Waals surface area contributed by atoms with Crippen molar-refractivity contribution < 1.29 is 22.8 Å². The highest BCUT2D eigenvalue weighted by molar-refractivity contribution is 5.55. The summed E-state index contributed by atoms with van der Waals surface area (Å²) in [5.74, 6) is 0. The van der Waals surface area contributed by atoms with Crippen LogP contribution in [0.4, 0.5) is 24.5 Å². The fourth-order valence-corrected chi connectivity index (χ4v) is 2.17. The van der Waals surface area contributed by atoms with Crippen LogP contribution < -0.4 is 5.32 Å². The third kappa shape index (κ3) is 4.87. The molecule has 1 unspecified atom stereocenters. The second-order valence-electron chi connectivity index (χ2n) is 5.70. The molecule has 124 valence electrons. The molecule has 0 bridgehead atoms. The van der Waals surface area contributed by atoms with E-state index in [0.717, 1.165) is 12.1 Å². The van der Waals surface area contributed by atoms with Gasteiger partial charge in [0.15, 0.2) is 0 Å². The van der Waals surface area contributed by atoms with E-state index in [4.69, 9.17) is 4.74 Å². The van der Waals surface area contributed by atoms with Gasteiger partial charge in [0.2, 0.25) is 0 Å². The Morgan fingerprint density at radius 1 is 1.36 bits per heavy atom. The van der Waals surface area contributed by atoms with Gasteiger partial charge in [-0.25, -0.2) is 0 Å². The molecule has 0 aliphatic carbocycles. The fourth-order valence-electron chi connectivity index (χ4n) is 2.17. The van der Waals surface area contributed by atoms with Crippen molar-refractivity contribution in [1.29, 1.82) is 0 Å². The number of rotatable bonds is 6. The summed E-state index contributed by atoms with van der Waals surface area (Å²) >= 11 is 0. The summed E-state index contributed by atoms with van der Waals surface area (Å²) in [5, 5.41) is 13.6. The van der Waals surface area contributed by atoms with Gasteiger partial charge in [0, 0.05) is 24.9 Å². The SMILES string of the molecule is COC(C)(C)CC(C)Nc1ccc([N+](=O)[O-])c(C(F)(F)F)c1. The van der Waals surface area contributed by atoms with Gasteiger partial charge in [-0.15, -0.1) is 0 Å². The molecule has 1 atom stereocenters. The summed E-state index contributed by atoms with van der Waals surface area (Å²) in [6.45, 7) is 5.53. The minimum atomic E-state index is -4.78. The molecular formula is C14H19F3N2O3. The highest BCUT2D eigenvalue weighted by Crippen LogP contribution is 2.37. The average Bonchev–Trinajstić information content (AvgIpc) is 2.36. The van der Waals surface area contributed by atoms with Crippen LogP contribution >= 0.6 is 0 Å². The second-order valence-corrected chi connectivity index (χ2v) is 5.70. The van der Waals surface area contributed by atoms with Crippen molar-refractivity contribution in [2.75, 3.05) is 12.4 Å². The van der Waals surface area contributed by atoms with E-state index in [2.05, 4.69) is 5.32 Å². The number of ether oxygens (including phenoxy) is 1. The van der Waals surface area contributed by atoms with Gasteiger partial charge in [-0.2, -0.15) is 13.2 Å². The Bertz CT molecular complexity index is 545. The maximum atomic E-state index is 12.9. The van der Waals surface area contributed by atoms with Crippen LogP contribution in [0.5, 0.6) is 0 Å². The smallest absolute Gasteiger partial charge is 0.382 e. The number of alkyl halides is 3. The van der Waals surface area contributed by atoms with Crippen LogP contribution in [0.1, 0.15) is 32.8 Å². The van der Waals surface area contributed by atoms with Crippen LogP contribution in [0, 0.1) is 10.1 Å². The van der Waals surface area contributed by atoms with Gasteiger partial charge in [-0.05, 0) is 39.3 Å². The molecule has 1 rings (SSSR count). The normalized spacial score (nSPS) is 13.8. The van der Waals surface area contributed by atoms with E-state index < -0.39 is 28.0 Å². The van der Waals surface area contributed by atoms with Crippen molar-refractivity contribution in [1.82, 2.24) is 0 Å². The minimum Gasteiger partial charge on any atom is -0.382 e. The summed E-state index contributed by atoms with van der Waals surface area (Å²) in [4.78, 5) is 9.66. The zero-order valence-electron chi connectivity index (χ0n) is 12.8. The molecule has 0 radical (unpaired) electrons. The molecule has 0 amide bonds. The Morgan fingerprint density at radius 3 is 2.41 bits per heavy atom. The lowest BCUT2D eigenvalue weighted by atomic mass is 9.99. The van der Waals surface area contributed by atoms with Crippen LogP contribution in [-0.4, -0.2) is 23.7 Å². The monoisotopic (exact) mass is 320 g/mol. The molecule has 0 saturated heterocycles. The molecule has 1 N–H and O–H groups in total. The third-order valence-corrected chi connectivity index (χ3v) is 3.26. The van der Waals surface area contributed by atoms with E-state index in [-0.39, 0.29) is 11.7 Å². The van der Waals surface area contributed by atoms with Gasteiger partial charge in [-0.1, -0.05) is 0 Å². The molecule has 8 heteroatoms. The van der Waals surface area contributed by atoms with E-state index >= 15 is 0 Å². The second kappa shape index (κ2) is 6.51. The van der Waals surface area contributed by atoms with Crippen LogP contribution in [0.25, 0.3) is 0 Å². The molecule has 0 fully saturated rings. The maximum absolute atomic E-state index is 12.9. The summed E-state index contributed by atoms with van der Waals surface area (Å²) in [6, 6.07) is 2.72. The van der Waals surface area contributed by atoms with Gasteiger partial charge >= 0.3 is 6.18 Å². The molecule has 0 aliphatic heterocycles. The molecule has 0 heterocycles. The fraction of sp³-hybridized carbons (Fsp3) is 0.571. The van der Waals surface area contributed by atoms with E-state index in [1.54, 1.807) is 14.0 Å². The number of hydrogen-bond donors (Lipinski definition) is 1. The Balaban J connectivity index is 3.01. The number of nitro groups is 1. The lowest BCUT2D eigenvalue weighted by Crippen LogP contribution is -2.31. The predicted octanol–water partition coefficient (Wildman–Crippen LogP) is 4.23. The van der Waals surface area contributed by atoms with E-state index in [1.165, 1.54) is 6.07 Å². The molecule has 0 aliphatic rings. The molecular weight excluding hydrogens is 301 g/mol. The first-order chi connectivity index (χ1) is 9.96. The van der Waals surface area contributed by atoms with Crippen LogP contribution in [0.2, 0.25) is 0 Å².